The van der Waals surface area contributed by atoms with Crippen LogP contribution in [-0.4, -0.2) is 25.5 Å². The Balaban J connectivity index is 2.77. The highest BCUT2D eigenvalue weighted by Gasteiger charge is 2.13. The molecule has 0 aliphatic carbocycles. The van der Waals surface area contributed by atoms with Crippen LogP contribution < -0.4 is 10.5 Å². The first-order valence-electron chi connectivity index (χ1n) is 5.94. The number of carboxylic acid groups (broad SMARTS) is 1. The van der Waals surface area contributed by atoms with Crippen LogP contribution in [0.4, 0.5) is 5.69 Å². The van der Waals surface area contributed by atoms with Gasteiger partial charge < -0.3 is 10.4 Å². The molecule has 0 bridgehead atoms. The van der Waals surface area contributed by atoms with Gasteiger partial charge in [0.25, 0.3) is 0 Å². The average molecular weight is 286 g/mol. The van der Waals surface area contributed by atoms with Gasteiger partial charge in [-0.15, -0.1) is 0 Å². The number of benzene rings is 1. The van der Waals surface area contributed by atoms with Crippen molar-refractivity contribution in [1.29, 1.82) is 0 Å². The van der Waals surface area contributed by atoms with E-state index in [9.17, 15) is 13.2 Å². The summed E-state index contributed by atoms with van der Waals surface area (Å²) >= 11 is 0. The van der Waals surface area contributed by atoms with Gasteiger partial charge in [-0.3, -0.25) is 4.79 Å². The lowest BCUT2D eigenvalue weighted by Crippen LogP contribution is -2.23. The summed E-state index contributed by atoms with van der Waals surface area (Å²) in [6, 6.07) is 5.75. The summed E-state index contributed by atoms with van der Waals surface area (Å²) in [6.45, 7) is 1.97. The van der Waals surface area contributed by atoms with E-state index in [0.29, 0.717) is 5.69 Å². The highest BCUT2D eigenvalue weighted by Crippen LogP contribution is 2.16. The van der Waals surface area contributed by atoms with Gasteiger partial charge in [0.1, 0.15) is 0 Å². The molecular formula is C12H18N2O4S. The van der Waals surface area contributed by atoms with Crippen LogP contribution in [0.15, 0.2) is 29.2 Å². The lowest BCUT2D eigenvalue weighted by molar-refractivity contribution is -0.137. The minimum atomic E-state index is -3.70. The average Bonchev–Trinajstić information content (AvgIpc) is 2.28. The molecule has 0 fully saturated rings. The van der Waals surface area contributed by atoms with Crippen molar-refractivity contribution in [2.45, 2.75) is 37.1 Å². The van der Waals surface area contributed by atoms with E-state index >= 15 is 0 Å². The topological polar surface area (TPSA) is 109 Å². The molecule has 0 spiro atoms. The minimum Gasteiger partial charge on any atom is -0.481 e. The first-order chi connectivity index (χ1) is 8.82. The fourth-order valence-electron chi connectivity index (χ4n) is 1.76. The number of hydrogen-bond acceptors (Lipinski definition) is 4. The van der Waals surface area contributed by atoms with Crippen LogP contribution in [0, 0.1) is 0 Å². The number of rotatable bonds is 7. The van der Waals surface area contributed by atoms with Crippen molar-refractivity contribution < 1.29 is 18.3 Å². The van der Waals surface area contributed by atoms with Crippen LogP contribution in [0.5, 0.6) is 0 Å². The van der Waals surface area contributed by atoms with Crippen LogP contribution in [0.3, 0.4) is 0 Å². The number of nitrogens with two attached hydrogens (primary N) is 1. The predicted molar refractivity (Wildman–Crippen MR) is 72.4 cm³/mol. The van der Waals surface area contributed by atoms with Crippen LogP contribution in [-0.2, 0) is 14.8 Å². The van der Waals surface area contributed by atoms with Gasteiger partial charge in [-0.25, -0.2) is 13.6 Å². The second-order valence-corrected chi connectivity index (χ2v) is 5.86. The zero-order chi connectivity index (χ0) is 14.5. The zero-order valence-corrected chi connectivity index (χ0v) is 11.5. The largest absolute Gasteiger partial charge is 0.481 e. The number of hydrogen-bond donors (Lipinski definition) is 3. The van der Waals surface area contributed by atoms with E-state index in [1.165, 1.54) is 12.1 Å². The minimum absolute atomic E-state index is 0.0186. The van der Waals surface area contributed by atoms with Crippen molar-refractivity contribution >= 4 is 21.7 Å². The van der Waals surface area contributed by atoms with Gasteiger partial charge >= 0.3 is 5.97 Å². The van der Waals surface area contributed by atoms with Crippen molar-refractivity contribution in [3.05, 3.63) is 24.3 Å². The molecule has 0 radical (unpaired) electrons. The lowest BCUT2D eigenvalue weighted by Gasteiger charge is -2.17. The number of sulfonamides is 1. The Kier molecular flexibility index (Phi) is 5.31. The molecule has 1 atom stereocenters. The molecular weight excluding hydrogens is 268 g/mol. The summed E-state index contributed by atoms with van der Waals surface area (Å²) in [7, 11) is -3.70. The highest BCUT2D eigenvalue weighted by atomic mass is 32.2. The van der Waals surface area contributed by atoms with E-state index in [4.69, 9.17) is 10.2 Å². The second kappa shape index (κ2) is 6.53. The highest BCUT2D eigenvalue weighted by molar-refractivity contribution is 7.89. The lowest BCUT2D eigenvalue weighted by atomic mass is 10.1. The first kappa shape index (κ1) is 15.5. The fourth-order valence-corrected chi connectivity index (χ4v) is 2.28. The van der Waals surface area contributed by atoms with Gasteiger partial charge in [0.15, 0.2) is 0 Å². The molecule has 4 N–H and O–H groups in total. The van der Waals surface area contributed by atoms with Crippen LogP contribution in [0.1, 0.15) is 26.2 Å². The fraction of sp³-hybridized carbons (Fsp3) is 0.417. The van der Waals surface area contributed by atoms with Gasteiger partial charge in [0.2, 0.25) is 10.0 Å². The normalized spacial score (nSPS) is 12.9. The van der Waals surface area contributed by atoms with E-state index in [-0.39, 0.29) is 17.4 Å². The van der Waals surface area contributed by atoms with Crippen molar-refractivity contribution in [2.24, 2.45) is 5.14 Å². The maximum atomic E-state index is 11.1. The summed E-state index contributed by atoms with van der Waals surface area (Å²) < 4.78 is 22.2. The molecule has 1 aromatic rings. The van der Waals surface area contributed by atoms with Gasteiger partial charge in [-0.2, -0.15) is 0 Å². The van der Waals surface area contributed by atoms with E-state index < -0.39 is 16.0 Å². The third kappa shape index (κ3) is 5.27. The molecule has 1 unspecified atom stereocenters. The van der Waals surface area contributed by atoms with Crippen LogP contribution >= 0.6 is 0 Å². The molecule has 7 heteroatoms. The van der Waals surface area contributed by atoms with Crippen LogP contribution in [0.25, 0.3) is 0 Å². The predicted octanol–water partition coefficient (Wildman–Crippen LogP) is 1.39. The van der Waals surface area contributed by atoms with E-state index in [2.05, 4.69) is 5.32 Å². The number of aliphatic carboxylic acids is 1. The van der Waals surface area contributed by atoms with E-state index in [1.807, 2.05) is 6.92 Å². The van der Waals surface area contributed by atoms with Crippen molar-refractivity contribution in [1.82, 2.24) is 0 Å². The Morgan fingerprint density at radius 1 is 1.37 bits per heavy atom. The van der Waals surface area contributed by atoms with Crippen molar-refractivity contribution in [2.75, 3.05) is 5.32 Å². The molecule has 106 valence electrons. The molecule has 19 heavy (non-hydrogen) atoms. The summed E-state index contributed by atoms with van der Waals surface area (Å²) in [5, 5.41) is 16.9. The number of carboxylic acids is 1. The van der Waals surface area contributed by atoms with Gasteiger partial charge in [0, 0.05) is 11.7 Å². The monoisotopic (exact) mass is 286 g/mol. The Hall–Kier alpha value is -1.60. The smallest absolute Gasteiger partial charge is 0.305 e. The number of primary sulfonamides is 1. The van der Waals surface area contributed by atoms with E-state index in [0.717, 1.165) is 12.8 Å². The number of carbonyl (C=O) groups is 1. The molecule has 1 rings (SSSR count). The molecule has 6 nitrogen and oxygen atoms in total. The molecule has 0 heterocycles. The third-order valence-corrected chi connectivity index (χ3v) is 3.54. The Bertz CT molecular complexity index is 525. The standard InChI is InChI=1S/C12H18N2O4S/c1-2-3-10(8-12(15)16)14-9-4-6-11(7-5-9)19(13,17)18/h4-7,10,14H,2-3,8H2,1H3,(H,15,16)(H2,13,17,18). The summed E-state index contributed by atoms with van der Waals surface area (Å²) in [5.41, 5.74) is 0.673. The zero-order valence-electron chi connectivity index (χ0n) is 10.7. The summed E-state index contributed by atoms with van der Waals surface area (Å²) in [5.74, 6) is -0.868. The van der Waals surface area contributed by atoms with Crippen LogP contribution in [0.2, 0.25) is 0 Å². The number of nitrogens with one attached hydrogen (secondary N) is 1. The molecule has 0 aromatic heterocycles. The maximum Gasteiger partial charge on any atom is 0.305 e. The third-order valence-electron chi connectivity index (χ3n) is 2.61. The molecule has 0 amide bonds. The Morgan fingerprint density at radius 3 is 2.37 bits per heavy atom. The molecule has 0 aliphatic heterocycles. The summed E-state index contributed by atoms with van der Waals surface area (Å²) in [4.78, 5) is 10.8. The van der Waals surface area contributed by atoms with Crippen molar-refractivity contribution in [3.63, 3.8) is 0 Å². The van der Waals surface area contributed by atoms with Gasteiger partial charge in [-0.1, -0.05) is 13.3 Å². The number of anilines is 1. The Morgan fingerprint density at radius 2 is 1.95 bits per heavy atom. The molecule has 1 aromatic carbocycles. The van der Waals surface area contributed by atoms with Crippen molar-refractivity contribution in [3.8, 4) is 0 Å². The summed E-state index contributed by atoms with van der Waals surface area (Å²) in [6.07, 6.45) is 1.61. The van der Waals surface area contributed by atoms with E-state index in [1.54, 1.807) is 12.1 Å². The quantitative estimate of drug-likeness (QED) is 0.701. The van der Waals surface area contributed by atoms with Gasteiger partial charge in [0.05, 0.1) is 11.3 Å². The maximum absolute atomic E-state index is 11.1. The molecule has 0 aliphatic rings. The second-order valence-electron chi connectivity index (χ2n) is 4.30. The first-order valence-corrected chi connectivity index (χ1v) is 7.48. The molecule has 0 saturated carbocycles. The molecule has 0 saturated heterocycles. The SMILES string of the molecule is CCCC(CC(=O)O)Nc1ccc(S(N)(=O)=O)cc1. The van der Waals surface area contributed by atoms with Gasteiger partial charge in [-0.05, 0) is 30.7 Å². The Labute approximate surface area is 112 Å².